The Morgan fingerprint density at radius 1 is 1.50 bits per heavy atom. The fraction of sp³-hybridized carbons (Fsp3) is 0.562. The molecule has 0 radical (unpaired) electrons. The van der Waals surface area contributed by atoms with E-state index in [0.29, 0.717) is 38.6 Å². The molecule has 0 bridgehead atoms. The van der Waals surface area contributed by atoms with E-state index in [-0.39, 0.29) is 6.03 Å². The maximum absolute atomic E-state index is 12.4. The molecule has 1 aromatic rings. The van der Waals surface area contributed by atoms with E-state index in [4.69, 9.17) is 0 Å². The molecule has 2 amide bonds. The molecule has 24 heavy (non-hydrogen) atoms. The van der Waals surface area contributed by atoms with Crippen LogP contribution in [-0.2, 0) is 16.6 Å². The number of nitrogens with one attached hydrogen (secondary N) is 1. The summed E-state index contributed by atoms with van der Waals surface area (Å²) in [4.78, 5) is 15.3. The van der Waals surface area contributed by atoms with Gasteiger partial charge in [-0.3, -0.25) is 0 Å². The molecule has 6 nitrogen and oxygen atoms in total. The second-order valence-electron chi connectivity index (χ2n) is 6.04. The smallest absolute Gasteiger partial charge is 0.318 e. The molecule has 1 aliphatic heterocycles. The Morgan fingerprint density at radius 2 is 2.21 bits per heavy atom. The maximum Gasteiger partial charge on any atom is 0.318 e. The molecule has 2 rings (SSSR count). The number of piperidine rings is 1. The number of nitrogens with zero attached hydrogens (tertiary/aromatic N) is 2. The lowest BCUT2D eigenvalue weighted by atomic mass is 9.98. The average molecular weight is 372 g/mol. The molecular weight excluding hydrogens is 346 g/mol. The third kappa shape index (κ3) is 5.61. The van der Waals surface area contributed by atoms with Crippen LogP contribution in [0.3, 0.4) is 0 Å². The molecule has 1 fully saturated rings. The number of hydrogen-bond donors (Lipinski definition) is 1. The van der Waals surface area contributed by atoms with Crippen LogP contribution >= 0.6 is 11.3 Å². The molecule has 2 heterocycles. The van der Waals surface area contributed by atoms with Crippen molar-refractivity contribution in [3.63, 3.8) is 0 Å². The van der Waals surface area contributed by atoms with E-state index in [1.165, 1.54) is 10.6 Å². The minimum atomic E-state index is -3.10. The van der Waals surface area contributed by atoms with Crippen LogP contribution in [0.2, 0.25) is 0 Å². The van der Waals surface area contributed by atoms with Gasteiger partial charge in [-0.05, 0) is 30.2 Å². The van der Waals surface area contributed by atoms with Crippen LogP contribution < -0.4 is 5.32 Å². The highest BCUT2D eigenvalue weighted by atomic mass is 32.2. The van der Waals surface area contributed by atoms with Crippen LogP contribution in [0.4, 0.5) is 4.79 Å². The molecular formula is C16H25N3O3S2. The van der Waals surface area contributed by atoms with Crippen LogP contribution in [0.15, 0.2) is 30.2 Å². The minimum absolute atomic E-state index is 0.103. The Kier molecular flexibility index (Phi) is 6.82. The van der Waals surface area contributed by atoms with Gasteiger partial charge in [0.1, 0.15) is 0 Å². The lowest BCUT2D eigenvalue weighted by Gasteiger charge is -2.31. The standard InChI is InChI=1S/C16H25N3O3S2/c1-3-8-18(13-15-5-4-11-23-15)16(20)17-12-14-6-9-19(10-7-14)24(2,21)22/h3-5,11,14H,1,6-10,12-13H2,2H3,(H,17,20). The van der Waals surface area contributed by atoms with Crippen molar-refractivity contribution in [2.45, 2.75) is 19.4 Å². The van der Waals surface area contributed by atoms with Crippen LogP contribution in [-0.4, -0.2) is 56.1 Å². The Balaban J connectivity index is 1.80. The van der Waals surface area contributed by atoms with Gasteiger partial charge in [-0.1, -0.05) is 12.1 Å². The number of thiophene rings is 1. The molecule has 1 N–H and O–H groups in total. The van der Waals surface area contributed by atoms with Crippen LogP contribution in [0.5, 0.6) is 0 Å². The van der Waals surface area contributed by atoms with Gasteiger partial charge in [-0.25, -0.2) is 17.5 Å². The second kappa shape index (κ2) is 8.64. The van der Waals surface area contributed by atoms with E-state index < -0.39 is 10.0 Å². The van der Waals surface area contributed by atoms with Crippen molar-refractivity contribution in [1.29, 1.82) is 0 Å². The first-order chi connectivity index (χ1) is 11.4. The van der Waals surface area contributed by atoms with Crippen LogP contribution in [0, 0.1) is 5.92 Å². The van der Waals surface area contributed by atoms with Gasteiger partial charge in [-0.15, -0.1) is 17.9 Å². The molecule has 0 aromatic carbocycles. The van der Waals surface area contributed by atoms with Crippen molar-refractivity contribution in [1.82, 2.24) is 14.5 Å². The number of rotatable bonds is 7. The Labute approximate surface area is 148 Å². The summed E-state index contributed by atoms with van der Waals surface area (Å²) in [5.41, 5.74) is 0. The van der Waals surface area contributed by atoms with Gasteiger partial charge < -0.3 is 10.2 Å². The molecule has 0 atom stereocenters. The van der Waals surface area contributed by atoms with Gasteiger partial charge in [0.15, 0.2) is 0 Å². The Morgan fingerprint density at radius 3 is 2.75 bits per heavy atom. The molecule has 1 saturated heterocycles. The third-order valence-electron chi connectivity index (χ3n) is 4.15. The summed E-state index contributed by atoms with van der Waals surface area (Å²) < 4.78 is 24.5. The van der Waals surface area contributed by atoms with E-state index in [1.54, 1.807) is 22.3 Å². The minimum Gasteiger partial charge on any atom is -0.338 e. The first-order valence-corrected chi connectivity index (χ1v) is 10.7. The van der Waals surface area contributed by atoms with Gasteiger partial charge in [0.25, 0.3) is 0 Å². The van der Waals surface area contributed by atoms with E-state index in [0.717, 1.165) is 17.7 Å². The van der Waals surface area contributed by atoms with E-state index in [1.807, 2.05) is 17.5 Å². The molecule has 1 aromatic heterocycles. The summed E-state index contributed by atoms with van der Waals surface area (Å²) in [6.07, 6.45) is 4.52. The zero-order chi connectivity index (χ0) is 17.6. The normalized spacial score (nSPS) is 16.7. The largest absolute Gasteiger partial charge is 0.338 e. The highest BCUT2D eigenvalue weighted by molar-refractivity contribution is 7.88. The predicted molar refractivity (Wildman–Crippen MR) is 97.5 cm³/mol. The molecule has 0 aliphatic carbocycles. The van der Waals surface area contributed by atoms with E-state index in [9.17, 15) is 13.2 Å². The van der Waals surface area contributed by atoms with E-state index in [2.05, 4.69) is 11.9 Å². The average Bonchev–Trinajstić information content (AvgIpc) is 3.05. The first kappa shape index (κ1) is 19.0. The number of urea groups is 1. The zero-order valence-corrected chi connectivity index (χ0v) is 15.6. The summed E-state index contributed by atoms with van der Waals surface area (Å²) in [5.74, 6) is 0.319. The highest BCUT2D eigenvalue weighted by Crippen LogP contribution is 2.18. The first-order valence-electron chi connectivity index (χ1n) is 8.01. The fourth-order valence-electron chi connectivity index (χ4n) is 2.75. The number of amides is 2. The fourth-order valence-corrected chi connectivity index (χ4v) is 4.35. The molecule has 0 unspecified atom stereocenters. The van der Waals surface area contributed by atoms with E-state index >= 15 is 0 Å². The number of carbonyl (C=O) groups excluding carboxylic acids is 1. The molecule has 134 valence electrons. The van der Waals surface area contributed by atoms with Crippen LogP contribution in [0.25, 0.3) is 0 Å². The van der Waals surface area contributed by atoms with Gasteiger partial charge in [0.2, 0.25) is 10.0 Å². The summed E-state index contributed by atoms with van der Waals surface area (Å²) in [6.45, 7) is 6.42. The SMILES string of the molecule is C=CCN(Cc1cccs1)C(=O)NCC1CCN(S(C)(=O)=O)CC1. The lowest BCUT2D eigenvalue weighted by molar-refractivity contribution is 0.195. The zero-order valence-electron chi connectivity index (χ0n) is 14.0. The summed E-state index contributed by atoms with van der Waals surface area (Å²) in [6, 6.07) is 3.88. The third-order valence-corrected chi connectivity index (χ3v) is 6.31. The van der Waals surface area contributed by atoms with Gasteiger partial charge >= 0.3 is 6.03 Å². The van der Waals surface area contributed by atoms with Crippen molar-refractivity contribution in [2.75, 3.05) is 32.4 Å². The van der Waals surface area contributed by atoms with Crippen molar-refractivity contribution >= 4 is 27.4 Å². The molecule has 0 saturated carbocycles. The van der Waals surface area contributed by atoms with Crippen molar-refractivity contribution in [2.24, 2.45) is 5.92 Å². The van der Waals surface area contributed by atoms with Crippen LogP contribution in [0.1, 0.15) is 17.7 Å². The van der Waals surface area contributed by atoms with Crippen molar-refractivity contribution < 1.29 is 13.2 Å². The van der Waals surface area contributed by atoms with Gasteiger partial charge in [-0.2, -0.15) is 0 Å². The number of hydrogen-bond acceptors (Lipinski definition) is 4. The number of sulfonamides is 1. The van der Waals surface area contributed by atoms with Gasteiger partial charge in [0, 0.05) is 31.1 Å². The summed E-state index contributed by atoms with van der Waals surface area (Å²) >= 11 is 1.62. The molecule has 1 aliphatic rings. The quantitative estimate of drug-likeness (QED) is 0.747. The molecule has 0 spiro atoms. The Hall–Kier alpha value is -1.38. The highest BCUT2D eigenvalue weighted by Gasteiger charge is 2.25. The second-order valence-corrected chi connectivity index (χ2v) is 9.05. The summed E-state index contributed by atoms with van der Waals surface area (Å²) in [5, 5.41) is 4.97. The Bertz CT molecular complexity index is 636. The topological polar surface area (TPSA) is 69.7 Å². The number of carbonyl (C=O) groups is 1. The van der Waals surface area contributed by atoms with Gasteiger partial charge in [0.05, 0.1) is 12.8 Å². The summed E-state index contributed by atoms with van der Waals surface area (Å²) in [7, 11) is -3.10. The maximum atomic E-state index is 12.4. The van der Waals surface area contributed by atoms with Crippen molar-refractivity contribution in [3.8, 4) is 0 Å². The predicted octanol–water partition coefficient (Wildman–Crippen LogP) is 2.12. The lowest BCUT2D eigenvalue weighted by Crippen LogP contribution is -2.44. The monoisotopic (exact) mass is 371 g/mol. The van der Waals surface area contributed by atoms with Crippen molar-refractivity contribution in [3.05, 3.63) is 35.0 Å². The molecule has 8 heteroatoms.